The number of aromatic amines is 1. The van der Waals surface area contributed by atoms with Crippen molar-refractivity contribution in [1.82, 2.24) is 20.2 Å². The third kappa shape index (κ3) is 5.84. The zero-order valence-corrected chi connectivity index (χ0v) is 25.8. The first-order valence-corrected chi connectivity index (χ1v) is 15.3. The molecule has 0 saturated carbocycles. The van der Waals surface area contributed by atoms with Crippen molar-refractivity contribution in [3.8, 4) is 11.5 Å². The Bertz CT molecular complexity index is 2000. The first-order valence-electron chi connectivity index (χ1n) is 13.3. The van der Waals surface area contributed by atoms with Gasteiger partial charge in [-0.15, -0.1) is 23.1 Å². The zero-order valence-electron chi connectivity index (χ0n) is 24.2. The number of carboxylic acid groups (broad SMARTS) is 2. The summed E-state index contributed by atoms with van der Waals surface area (Å²) in [5, 5.41) is 45.3. The molecule has 47 heavy (non-hydrogen) atoms. The highest BCUT2D eigenvalue weighted by Gasteiger charge is 2.55. The quantitative estimate of drug-likeness (QED) is 0.0438. The van der Waals surface area contributed by atoms with Crippen LogP contribution in [0.25, 0.3) is 10.9 Å². The second-order valence-corrected chi connectivity index (χ2v) is 12.7. The van der Waals surface area contributed by atoms with Gasteiger partial charge in [-0.3, -0.25) is 24.1 Å². The van der Waals surface area contributed by atoms with Gasteiger partial charge in [0.15, 0.2) is 33.6 Å². The number of rotatable bonds is 10. The summed E-state index contributed by atoms with van der Waals surface area (Å²) in [4.78, 5) is 89.4. The molecule has 2 amide bonds. The molecule has 0 bridgehead atoms. The van der Waals surface area contributed by atoms with E-state index in [1.54, 1.807) is 0 Å². The maximum atomic E-state index is 13.4. The molecule has 1 saturated heterocycles. The van der Waals surface area contributed by atoms with Gasteiger partial charge in [0.1, 0.15) is 22.8 Å². The minimum Gasteiger partial charge on any atom is -0.504 e. The van der Waals surface area contributed by atoms with Crippen molar-refractivity contribution in [3.05, 3.63) is 56.5 Å². The molecule has 246 valence electrons. The molecule has 10 N–H and O–H groups in total. The zero-order chi connectivity index (χ0) is 34.5. The molecule has 3 aromatic rings. The summed E-state index contributed by atoms with van der Waals surface area (Å²) in [6, 6.07) is -0.917. The number of carboxylic acids is 2. The highest BCUT2D eigenvalue weighted by molar-refractivity contribution is 8.00. The first-order chi connectivity index (χ1) is 22.0. The second-order valence-electron chi connectivity index (χ2n) is 10.7. The number of pyridine rings is 1. The standard InChI is InChI=1S/C27H25N7O11S2/c1-27(2,25(43)44)45-33-16(12-7-47-26(29)31-12)21(39)32-17-22(40)34-18(24(41)42)10(6-46-23(17)34)15(28)20(38)9-5-30-11-4-14(36)13(35)3-8(11)19(9)37/h3-5,7,15,17,23,35-36H,6,28H2,1-2H3,(H2,29,31)(H,30,37)(H,32,39)(H,41,42)(H,43,44)/b33-16-/t15?,17?,23-/m1/s1. The highest BCUT2D eigenvalue weighted by atomic mass is 32.2. The number of nitrogens with two attached hydrogens (primary N) is 2. The van der Waals surface area contributed by atoms with E-state index < -0.39 is 86.5 Å². The number of hydrogen-bond donors (Lipinski definition) is 8. The van der Waals surface area contributed by atoms with E-state index in [9.17, 15) is 49.2 Å². The molecule has 18 nitrogen and oxygen atoms in total. The SMILES string of the molecule is CC(C)(O/N=C(\C(=O)NC1C(=O)N2C(C(=O)O)=C(C(N)C(=O)c3c[nH]c4cc(O)c(O)cc4c3=O)CS[C@H]12)c1csc(N)n1)C(=O)O. The number of H-pyrrole nitrogens is 1. The smallest absolute Gasteiger partial charge is 0.352 e. The fourth-order valence-electron chi connectivity index (χ4n) is 4.64. The van der Waals surface area contributed by atoms with Crippen LogP contribution in [0.3, 0.4) is 0 Å². The highest BCUT2D eigenvalue weighted by Crippen LogP contribution is 2.41. The lowest BCUT2D eigenvalue weighted by molar-refractivity contribution is -0.161. The molecular formula is C27H25N7O11S2. The third-order valence-electron chi connectivity index (χ3n) is 7.25. The molecule has 1 aromatic carbocycles. The van der Waals surface area contributed by atoms with E-state index in [-0.39, 0.29) is 33.1 Å². The first kappa shape index (κ1) is 32.9. The van der Waals surface area contributed by atoms with Gasteiger partial charge < -0.3 is 47.0 Å². The Kier molecular flexibility index (Phi) is 8.43. The van der Waals surface area contributed by atoms with Crippen molar-refractivity contribution in [1.29, 1.82) is 0 Å². The number of aromatic nitrogens is 2. The molecule has 5 rings (SSSR count). The molecule has 2 aromatic heterocycles. The van der Waals surface area contributed by atoms with Gasteiger partial charge in [0.25, 0.3) is 11.8 Å². The molecule has 4 heterocycles. The maximum Gasteiger partial charge on any atom is 0.352 e. The molecule has 0 radical (unpaired) electrons. The number of thioether (sulfide) groups is 1. The van der Waals surface area contributed by atoms with Gasteiger partial charge in [-0.05, 0) is 25.5 Å². The fraction of sp³-hybridized carbons (Fsp3) is 0.259. The molecule has 0 spiro atoms. The molecule has 2 aliphatic heterocycles. The van der Waals surface area contributed by atoms with Crippen molar-refractivity contribution in [3.63, 3.8) is 0 Å². The lowest BCUT2D eigenvalue weighted by Crippen LogP contribution is -2.71. The average Bonchev–Trinajstić information content (AvgIpc) is 3.44. The lowest BCUT2D eigenvalue weighted by Gasteiger charge is -2.49. The topological polar surface area (TPSA) is 301 Å². The van der Waals surface area contributed by atoms with Gasteiger partial charge in [-0.1, -0.05) is 5.16 Å². The molecule has 20 heteroatoms. The summed E-state index contributed by atoms with van der Waals surface area (Å²) >= 11 is 1.95. The number of nitrogen functional groups attached to an aromatic ring is 1. The number of nitrogens with zero attached hydrogens (tertiary/aromatic N) is 3. The lowest BCUT2D eigenvalue weighted by atomic mass is 9.94. The van der Waals surface area contributed by atoms with Gasteiger partial charge in [-0.2, -0.15) is 0 Å². The predicted molar refractivity (Wildman–Crippen MR) is 166 cm³/mol. The van der Waals surface area contributed by atoms with E-state index in [0.717, 1.165) is 46.3 Å². The number of hydrogen-bond acceptors (Lipinski definition) is 15. The Balaban J connectivity index is 1.40. The van der Waals surface area contributed by atoms with Crippen LogP contribution in [0.15, 0.2) is 44.9 Å². The number of Topliss-reactive ketones (excluding diaryl/α,β-unsaturated/α-hetero) is 1. The Morgan fingerprint density at radius 2 is 1.87 bits per heavy atom. The van der Waals surface area contributed by atoms with E-state index in [1.807, 2.05) is 0 Å². The van der Waals surface area contributed by atoms with Gasteiger partial charge in [0.2, 0.25) is 5.60 Å². The Labute approximate surface area is 270 Å². The number of amides is 2. The number of aliphatic carboxylic acids is 2. The van der Waals surface area contributed by atoms with Crippen LogP contribution in [0.5, 0.6) is 11.5 Å². The number of β-lactam (4-membered cyclic amide) rings is 1. The Hall–Kier alpha value is -5.47. The molecular weight excluding hydrogens is 662 g/mol. The number of phenolic OH excluding ortho intramolecular Hbond substituents is 2. The van der Waals surface area contributed by atoms with Gasteiger partial charge >= 0.3 is 11.9 Å². The van der Waals surface area contributed by atoms with Crippen LogP contribution in [0, 0.1) is 0 Å². The predicted octanol–water partition coefficient (Wildman–Crippen LogP) is -0.489. The van der Waals surface area contributed by atoms with Crippen LogP contribution in [0.4, 0.5) is 5.13 Å². The van der Waals surface area contributed by atoms with E-state index in [0.29, 0.717) is 0 Å². The third-order valence-corrected chi connectivity index (χ3v) is 9.22. The summed E-state index contributed by atoms with van der Waals surface area (Å²) in [5.41, 5.74) is 7.49. The van der Waals surface area contributed by atoms with Crippen molar-refractivity contribution in [2.45, 2.75) is 36.9 Å². The van der Waals surface area contributed by atoms with Gasteiger partial charge in [0.05, 0.1) is 22.5 Å². The van der Waals surface area contributed by atoms with Gasteiger partial charge in [0, 0.05) is 23.4 Å². The number of fused-ring (bicyclic) bond motifs is 2. The maximum absolute atomic E-state index is 13.4. The fourth-order valence-corrected chi connectivity index (χ4v) is 6.59. The van der Waals surface area contributed by atoms with Crippen molar-refractivity contribution < 1.29 is 49.2 Å². The van der Waals surface area contributed by atoms with Crippen molar-refractivity contribution >= 4 is 74.4 Å². The molecule has 2 unspecified atom stereocenters. The van der Waals surface area contributed by atoms with Crippen molar-refractivity contribution in [2.75, 3.05) is 11.5 Å². The van der Waals surface area contributed by atoms with Crippen molar-refractivity contribution in [2.24, 2.45) is 10.9 Å². The number of phenols is 2. The van der Waals surface area contributed by atoms with E-state index in [4.69, 9.17) is 16.3 Å². The Morgan fingerprint density at radius 3 is 2.49 bits per heavy atom. The molecule has 2 aliphatic rings. The van der Waals surface area contributed by atoms with Crippen LogP contribution in [0.1, 0.15) is 29.9 Å². The van der Waals surface area contributed by atoms with Crippen LogP contribution < -0.4 is 22.2 Å². The summed E-state index contributed by atoms with van der Waals surface area (Å²) in [5.74, 6) is -7.11. The van der Waals surface area contributed by atoms with Crippen LogP contribution in [-0.4, -0.2) is 99.4 Å². The molecule has 1 fully saturated rings. The van der Waals surface area contributed by atoms with E-state index >= 15 is 0 Å². The Morgan fingerprint density at radius 1 is 1.19 bits per heavy atom. The average molecular weight is 688 g/mol. The monoisotopic (exact) mass is 687 g/mol. The van der Waals surface area contributed by atoms with E-state index in [1.165, 1.54) is 19.2 Å². The number of oxime groups is 1. The number of ketones is 1. The number of aromatic hydroxyl groups is 2. The number of thiazole rings is 1. The number of carbonyl (C=O) groups excluding carboxylic acids is 3. The molecule has 0 aliphatic carbocycles. The largest absolute Gasteiger partial charge is 0.504 e. The minimum atomic E-state index is -1.84. The summed E-state index contributed by atoms with van der Waals surface area (Å²) in [7, 11) is 0. The summed E-state index contributed by atoms with van der Waals surface area (Å²) in [6.45, 7) is 2.38. The number of benzene rings is 1. The summed E-state index contributed by atoms with van der Waals surface area (Å²) in [6.07, 6.45) is 1.04. The molecule has 3 atom stereocenters. The normalized spacial score (nSPS) is 18.7. The van der Waals surface area contributed by atoms with Gasteiger partial charge in [-0.25, -0.2) is 14.6 Å². The van der Waals surface area contributed by atoms with Crippen LogP contribution in [0.2, 0.25) is 0 Å². The van der Waals surface area contributed by atoms with E-state index in [2.05, 4.69) is 20.4 Å². The number of nitrogens with one attached hydrogen (secondary N) is 2. The summed E-state index contributed by atoms with van der Waals surface area (Å²) < 4.78 is 0. The van der Waals surface area contributed by atoms with Crippen LogP contribution in [-0.2, 0) is 24.0 Å². The number of anilines is 1. The second kappa shape index (κ2) is 12.0. The minimum absolute atomic E-state index is 0.0597. The van der Waals surface area contributed by atoms with Crippen LogP contribution >= 0.6 is 23.1 Å². The number of carbonyl (C=O) groups is 5.